The van der Waals surface area contributed by atoms with Gasteiger partial charge in [-0.3, -0.25) is 4.79 Å². The molecule has 0 fully saturated rings. The van der Waals surface area contributed by atoms with Gasteiger partial charge in [-0.25, -0.2) is 9.37 Å². The summed E-state index contributed by atoms with van der Waals surface area (Å²) in [5.41, 5.74) is 6.32. The number of carbonyl (C=O) groups excluding carboxylic acids is 1. The summed E-state index contributed by atoms with van der Waals surface area (Å²) in [7, 11) is 1.64. The van der Waals surface area contributed by atoms with Crippen LogP contribution in [0.2, 0.25) is 0 Å². The topological polar surface area (TPSA) is 59.2 Å². The van der Waals surface area contributed by atoms with Crippen LogP contribution in [-0.4, -0.2) is 22.8 Å². The zero-order valence-electron chi connectivity index (χ0n) is 11.7. The van der Waals surface area contributed by atoms with Crippen LogP contribution in [0.3, 0.4) is 0 Å². The van der Waals surface area contributed by atoms with Crippen LogP contribution < -0.4 is 5.73 Å². The van der Waals surface area contributed by atoms with Crippen molar-refractivity contribution in [3.8, 4) is 0 Å². The van der Waals surface area contributed by atoms with Crippen LogP contribution in [0.25, 0.3) is 0 Å². The second kappa shape index (κ2) is 7.49. The summed E-state index contributed by atoms with van der Waals surface area (Å²) in [4.78, 5) is 17.9. The largest absolute Gasteiger partial charge is 0.333 e. The highest BCUT2D eigenvalue weighted by Crippen LogP contribution is 2.23. The fourth-order valence-electron chi connectivity index (χ4n) is 1.88. The highest BCUT2D eigenvalue weighted by atomic mass is 35.5. The number of rotatable bonds is 4. The molecule has 114 valence electrons. The third-order valence-electron chi connectivity index (χ3n) is 3.20. The zero-order chi connectivity index (χ0) is 14.7. The molecule has 7 heteroatoms. The number of nitrogens with two attached hydrogens (primary N) is 1. The quantitative estimate of drug-likeness (QED) is 0.938. The molecule has 1 unspecified atom stereocenters. The van der Waals surface area contributed by atoms with E-state index in [1.807, 2.05) is 0 Å². The van der Waals surface area contributed by atoms with Crippen molar-refractivity contribution in [2.45, 2.75) is 19.5 Å². The Bertz CT molecular complexity index is 620. The molecule has 1 aromatic carbocycles. The molecule has 0 radical (unpaired) electrons. The van der Waals surface area contributed by atoms with Crippen molar-refractivity contribution in [2.24, 2.45) is 5.73 Å². The smallest absolute Gasteiger partial charge is 0.273 e. The maximum Gasteiger partial charge on any atom is 0.273 e. The minimum atomic E-state index is -0.369. The van der Waals surface area contributed by atoms with Gasteiger partial charge in [0.25, 0.3) is 5.91 Å². The lowest BCUT2D eigenvalue weighted by Gasteiger charge is -2.24. The van der Waals surface area contributed by atoms with Crippen molar-refractivity contribution in [3.05, 3.63) is 51.7 Å². The van der Waals surface area contributed by atoms with E-state index in [0.29, 0.717) is 22.8 Å². The van der Waals surface area contributed by atoms with E-state index in [-0.39, 0.29) is 30.2 Å². The number of nitrogens with zero attached hydrogens (tertiary/aromatic N) is 2. The Kier molecular flexibility index (Phi) is 6.26. The van der Waals surface area contributed by atoms with Crippen LogP contribution >= 0.6 is 23.7 Å². The predicted octanol–water partition coefficient (Wildman–Crippen LogP) is 3.00. The van der Waals surface area contributed by atoms with E-state index >= 15 is 0 Å². The zero-order valence-corrected chi connectivity index (χ0v) is 13.4. The SMILES string of the molecule is CC(c1ccccc1F)N(C)C(=O)c1csc(CN)n1.Cl. The first kappa shape index (κ1) is 17.6. The van der Waals surface area contributed by atoms with Gasteiger partial charge in [0.1, 0.15) is 16.5 Å². The Balaban J connectivity index is 0.00000220. The molecule has 21 heavy (non-hydrogen) atoms. The number of hydrogen-bond donors (Lipinski definition) is 1. The highest BCUT2D eigenvalue weighted by Gasteiger charge is 2.22. The Labute approximate surface area is 133 Å². The lowest BCUT2D eigenvalue weighted by atomic mass is 10.1. The summed E-state index contributed by atoms with van der Waals surface area (Å²) in [5.74, 6) is -0.558. The molecule has 1 amide bonds. The van der Waals surface area contributed by atoms with Crippen molar-refractivity contribution in [2.75, 3.05) is 7.05 Å². The van der Waals surface area contributed by atoms with Gasteiger partial charge in [-0.2, -0.15) is 0 Å². The van der Waals surface area contributed by atoms with Crippen LogP contribution in [0.4, 0.5) is 4.39 Å². The summed E-state index contributed by atoms with van der Waals surface area (Å²) >= 11 is 1.35. The van der Waals surface area contributed by atoms with Gasteiger partial charge in [0.2, 0.25) is 0 Å². The van der Waals surface area contributed by atoms with Crippen molar-refractivity contribution in [1.82, 2.24) is 9.88 Å². The van der Waals surface area contributed by atoms with E-state index < -0.39 is 0 Å². The molecule has 2 N–H and O–H groups in total. The summed E-state index contributed by atoms with van der Waals surface area (Å²) in [5, 5.41) is 2.38. The minimum absolute atomic E-state index is 0. The molecule has 0 aliphatic carbocycles. The average Bonchev–Trinajstić information content (AvgIpc) is 2.94. The van der Waals surface area contributed by atoms with Crippen molar-refractivity contribution in [1.29, 1.82) is 0 Å². The Morgan fingerprint density at radius 2 is 2.14 bits per heavy atom. The van der Waals surface area contributed by atoms with Gasteiger partial charge in [-0.15, -0.1) is 23.7 Å². The molecule has 0 aliphatic heterocycles. The van der Waals surface area contributed by atoms with Crippen molar-refractivity contribution in [3.63, 3.8) is 0 Å². The van der Waals surface area contributed by atoms with Crippen LogP contribution in [0.5, 0.6) is 0 Å². The average molecular weight is 330 g/mol. The molecule has 4 nitrogen and oxygen atoms in total. The number of halogens is 2. The second-order valence-corrected chi connectivity index (χ2v) is 5.39. The van der Waals surface area contributed by atoms with Crippen LogP contribution in [-0.2, 0) is 6.54 Å². The number of carbonyl (C=O) groups is 1. The molecule has 1 heterocycles. The van der Waals surface area contributed by atoms with Gasteiger partial charge in [0, 0.05) is 24.5 Å². The Morgan fingerprint density at radius 3 is 2.71 bits per heavy atom. The number of hydrogen-bond acceptors (Lipinski definition) is 4. The second-order valence-electron chi connectivity index (χ2n) is 4.44. The van der Waals surface area contributed by atoms with Gasteiger partial charge >= 0.3 is 0 Å². The van der Waals surface area contributed by atoms with Crippen molar-refractivity contribution >= 4 is 29.7 Å². The summed E-state index contributed by atoms with van der Waals surface area (Å²) < 4.78 is 13.8. The molecule has 2 rings (SSSR count). The lowest BCUT2D eigenvalue weighted by Crippen LogP contribution is -2.30. The van der Waals surface area contributed by atoms with E-state index in [2.05, 4.69) is 4.98 Å². The number of benzene rings is 1. The van der Waals surface area contributed by atoms with E-state index in [1.54, 1.807) is 37.6 Å². The molecular weight excluding hydrogens is 313 g/mol. The van der Waals surface area contributed by atoms with Gasteiger partial charge in [-0.05, 0) is 13.0 Å². The summed E-state index contributed by atoms with van der Waals surface area (Å²) in [6.45, 7) is 2.09. The van der Waals surface area contributed by atoms with E-state index in [0.717, 1.165) is 0 Å². The number of amides is 1. The maximum absolute atomic E-state index is 13.8. The molecule has 0 saturated heterocycles. The minimum Gasteiger partial charge on any atom is -0.333 e. The Hall–Kier alpha value is -1.50. The van der Waals surface area contributed by atoms with Gasteiger partial charge in [-0.1, -0.05) is 18.2 Å². The van der Waals surface area contributed by atoms with Gasteiger partial charge in [0.05, 0.1) is 6.04 Å². The first-order valence-electron chi connectivity index (χ1n) is 6.20. The fraction of sp³-hybridized carbons (Fsp3) is 0.286. The lowest BCUT2D eigenvalue weighted by molar-refractivity contribution is 0.0735. The molecule has 1 atom stereocenters. The summed E-state index contributed by atoms with van der Waals surface area (Å²) in [6, 6.07) is 6.08. The van der Waals surface area contributed by atoms with E-state index in [9.17, 15) is 9.18 Å². The first-order valence-corrected chi connectivity index (χ1v) is 7.08. The molecule has 2 aromatic rings. The number of thiazole rings is 1. The van der Waals surface area contributed by atoms with Crippen LogP contribution in [0.1, 0.15) is 34.0 Å². The van der Waals surface area contributed by atoms with Crippen LogP contribution in [0.15, 0.2) is 29.6 Å². The molecule has 0 saturated carbocycles. The predicted molar refractivity (Wildman–Crippen MR) is 84.2 cm³/mol. The molecule has 1 aromatic heterocycles. The van der Waals surface area contributed by atoms with Gasteiger partial charge < -0.3 is 10.6 Å². The molecule has 0 aliphatic rings. The normalized spacial score (nSPS) is 11.6. The molecule has 0 bridgehead atoms. The Morgan fingerprint density at radius 1 is 1.48 bits per heavy atom. The maximum atomic E-state index is 13.8. The van der Waals surface area contributed by atoms with E-state index in [1.165, 1.54) is 22.3 Å². The van der Waals surface area contributed by atoms with Crippen molar-refractivity contribution < 1.29 is 9.18 Å². The van der Waals surface area contributed by atoms with E-state index in [4.69, 9.17) is 5.73 Å². The van der Waals surface area contributed by atoms with Gasteiger partial charge in [0.15, 0.2) is 0 Å². The first-order chi connectivity index (χ1) is 9.54. The number of aromatic nitrogens is 1. The van der Waals surface area contributed by atoms with Crippen LogP contribution in [0, 0.1) is 5.82 Å². The molecule has 0 spiro atoms. The monoisotopic (exact) mass is 329 g/mol. The fourth-order valence-corrected chi connectivity index (χ4v) is 2.53. The summed E-state index contributed by atoms with van der Waals surface area (Å²) in [6.07, 6.45) is 0. The highest BCUT2D eigenvalue weighted by molar-refractivity contribution is 7.09. The third kappa shape index (κ3) is 3.78. The molecular formula is C14H17ClFN3OS. The standard InChI is InChI=1S/C14H16FN3OS.ClH/c1-9(10-5-3-4-6-11(10)15)18(2)14(19)12-8-20-13(7-16)17-12;/h3-6,8-9H,7,16H2,1-2H3;1H. The third-order valence-corrected chi connectivity index (χ3v) is 4.07.